The first-order chi connectivity index (χ1) is 14.8. The van der Waals surface area contributed by atoms with Crippen molar-refractivity contribution in [1.29, 1.82) is 0 Å². The molecule has 1 heterocycles. The van der Waals surface area contributed by atoms with Gasteiger partial charge in [0.15, 0.2) is 0 Å². The van der Waals surface area contributed by atoms with Crippen LogP contribution in [0.4, 0.5) is 4.39 Å². The molecule has 0 radical (unpaired) electrons. The van der Waals surface area contributed by atoms with Crippen molar-refractivity contribution in [3.8, 4) is 0 Å². The van der Waals surface area contributed by atoms with E-state index < -0.39 is 34.8 Å². The third-order valence-corrected chi connectivity index (χ3v) is 7.31. The second kappa shape index (κ2) is 10.3. The van der Waals surface area contributed by atoms with E-state index in [-0.39, 0.29) is 15.5 Å². The van der Waals surface area contributed by atoms with Crippen molar-refractivity contribution in [1.82, 2.24) is 9.73 Å². The van der Waals surface area contributed by atoms with Gasteiger partial charge in [-0.2, -0.15) is 9.41 Å². The predicted molar refractivity (Wildman–Crippen MR) is 121 cm³/mol. The van der Waals surface area contributed by atoms with Crippen molar-refractivity contribution in [2.24, 2.45) is 5.10 Å². The molecule has 0 aliphatic carbocycles. The highest BCUT2D eigenvalue weighted by Crippen LogP contribution is 2.25. The van der Waals surface area contributed by atoms with Crippen molar-refractivity contribution >= 4 is 56.7 Å². The normalized spacial score (nSPS) is 11.9. The monoisotopic (exact) mass is 499 g/mol. The molecule has 0 fully saturated rings. The van der Waals surface area contributed by atoms with Crippen LogP contribution >= 0.6 is 34.5 Å². The Balaban J connectivity index is 1.86. The fourth-order valence-electron chi connectivity index (χ4n) is 2.57. The summed E-state index contributed by atoms with van der Waals surface area (Å²) in [4.78, 5) is 13.1. The van der Waals surface area contributed by atoms with Crippen LogP contribution in [0.5, 0.6) is 0 Å². The molecule has 0 saturated carbocycles. The number of nitrogens with one attached hydrogen (secondary N) is 1. The molecule has 11 heteroatoms. The van der Waals surface area contributed by atoms with Crippen LogP contribution in [0.1, 0.15) is 10.4 Å². The first kappa shape index (κ1) is 23.4. The molecule has 0 bridgehead atoms. The molecule has 1 amide bonds. The molecular formula is C20H16Cl2FN3O3S2. The molecule has 6 nitrogen and oxygen atoms in total. The number of hydrazone groups is 1. The first-order valence-electron chi connectivity index (χ1n) is 8.81. The van der Waals surface area contributed by atoms with E-state index in [4.69, 9.17) is 23.2 Å². The minimum absolute atomic E-state index is 0.0448. The largest absolute Gasteiger partial charge is 0.272 e. The van der Waals surface area contributed by atoms with Crippen LogP contribution in [0.15, 0.2) is 70.0 Å². The van der Waals surface area contributed by atoms with Gasteiger partial charge in [-0.25, -0.2) is 18.2 Å². The fourth-order valence-corrected chi connectivity index (χ4v) is 4.87. The Morgan fingerprint density at radius 2 is 1.87 bits per heavy atom. The van der Waals surface area contributed by atoms with Crippen LogP contribution in [0.2, 0.25) is 10.0 Å². The van der Waals surface area contributed by atoms with Gasteiger partial charge in [0, 0.05) is 27.0 Å². The van der Waals surface area contributed by atoms with Gasteiger partial charge in [0.05, 0.1) is 17.7 Å². The van der Waals surface area contributed by atoms with Gasteiger partial charge >= 0.3 is 0 Å². The second-order valence-electron chi connectivity index (χ2n) is 6.24. The summed E-state index contributed by atoms with van der Waals surface area (Å²) in [6.07, 6.45) is 1.44. The van der Waals surface area contributed by atoms with E-state index in [1.54, 1.807) is 6.07 Å². The van der Waals surface area contributed by atoms with Gasteiger partial charge in [-0.3, -0.25) is 4.79 Å². The van der Waals surface area contributed by atoms with E-state index in [0.29, 0.717) is 5.02 Å². The molecule has 162 valence electrons. The molecule has 0 spiro atoms. The number of benzene rings is 2. The standard InChI is InChI=1S/C20H16Cl2FN3O3S2/c21-14-6-8-16(9-7-14)31(28,29)26(12-17-18(22)4-1-5-19(17)23)13-20(27)25-24-11-15-3-2-10-30-15/h1-11H,12-13H2,(H,25,27)/b24-11-. The third-order valence-electron chi connectivity index (χ3n) is 4.09. The maximum Gasteiger partial charge on any atom is 0.255 e. The maximum absolute atomic E-state index is 14.3. The summed E-state index contributed by atoms with van der Waals surface area (Å²) in [5.74, 6) is -1.38. The summed E-state index contributed by atoms with van der Waals surface area (Å²) < 4.78 is 41.5. The number of hydrogen-bond acceptors (Lipinski definition) is 5. The van der Waals surface area contributed by atoms with Gasteiger partial charge in [-0.05, 0) is 47.8 Å². The van der Waals surface area contributed by atoms with E-state index in [0.717, 1.165) is 9.18 Å². The van der Waals surface area contributed by atoms with Gasteiger partial charge in [-0.1, -0.05) is 35.3 Å². The van der Waals surface area contributed by atoms with Gasteiger partial charge in [-0.15, -0.1) is 11.3 Å². The smallest absolute Gasteiger partial charge is 0.255 e. The summed E-state index contributed by atoms with van der Waals surface area (Å²) in [6, 6.07) is 13.1. The van der Waals surface area contributed by atoms with E-state index in [1.807, 2.05) is 11.4 Å². The summed E-state index contributed by atoms with van der Waals surface area (Å²) in [6.45, 7) is -1.05. The van der Waals surface area contributed by atoms with Crippen LogP contribution in [0.25, 0.3) is 0 Å². The predicted octanol–water partition coefficient (Wildman–Crippen LogP) is 4.54. The molecule has 0 aliphatic heterocycles. The Labute approximate surface area is 193 Å². The van der Waals surface area contributed by atoms with Gasteiger partial charge in [0.1, 0.15) is 5.82 Å². The Bertz CT molecular complexity index is 1160. The molecule has 0 atom stereocenters. The Kier molecular flexibility index (Phi) is 7.79. The lowest BCUT2D eigenvalue weighted by molar-refractivity contribution is -0.121. The van der Waals surface area contributed by atoms with E-state index >= 15 is 0 Å². The zero-order valence-corrected chi connectivity index (χ0v) is 19.0. The number of amides is 1. The Morgan fingerprint density at radius 1 is 1.13 bits per heavy atom. The minimum atomic E-state index is -4.17. The van der Waals surface area contributed by atoms with Crippen LogP contribution in [-0.4, -0.2) is 31.4 Å². The lowest BCUT2D eigenvalue weighted by Crippen LogP contribution is -2.39. The van der Waals surface area contributed by atoms with Crippen molar-refractivity contribution in [3.05, 3.63) is 86.3 Å². The molecule has 0 saturated heterocycles. The number of halogens is 3. The van der Waals surface area contributed by atoms with Crippen molar-refractivity contribution in [2.75, 3.05) is 6.54 Å². The fraction of sp³-hybridized carbons (Fsp3) is 0.100. The molecule has 0 unspecified atom stereocenters. The number of thiophene rings is 1. The SMILES string of the molecule is O=C(CN(Cc1c(F)cccc1Cl)S(=O)(=O)c1ccc(Cl)cc1)N/N=C\c1cccs1. The van der Waals surface area contributed by atoms with Crippen molar-refractivity contribution < 1.29 is 17.6 Å². The number of rotatable bonds is 8. The average molecular weight is 500 g/mol. The number of hydrogen-bond donors (Lipinski definition) is 1. The number of sulfonamides is 1. The van der Waals surface area contributed by atoms with Crippen LogP contribution in [-0.2, 0) is 21.4 Å². The van der Waals surface area contributed by atoms with Crippen LogP contribution < -0.4 is 5.43 Å². The van der Waals surface area contributed by atoms with Gasteiger partial charge in [0.2, 0.25) is 10.0 Å². The van der Waals surface area contributed by atoms with Crippen molar-refractivity contribution in [2.45, 2.75) is 11.4 Å². The average Bonchev–Trinajstić information content (AvgIpc) is 3.24. The zero-order valence-electron chi connectivity index (χ0n) is 15.8. The van der Waals surface area contributed by atoms with E-state index in [2.05, 4.69) is 10.5 Å². The van der Waals surface area contributed by atoms with E-state index in [9.17, 15) is 17.6 Å². The van der Waals surface area contributed by atoms with E-state index in [1.165, 1.54) is 60.0 Å². The molecule has 1 N–H and O–H groups in total. The highest BCUT2D eigenvalue weighted by atomic mass is 35.5. The molecule has 2 aromatic carbocycles. The highest BCUT2D eigenvalue weighted by molar-refractivity contribution is 7.89. The van der Waals surface area contributed by atoms with Crippen LogP contribution in [0, 0.1) is 5.82 Å². The summed E-state index contributed by atoms with van der Waals surface area (Å²) in [5.41, 5.74) is 2.24. The quantitative estimate of drug-likeness (QED) is 0.365. The molecule has 31 heavy (non-hydrogen) atoms. The molecular weight excluding hydrogens is 484 g/mol. The Hall–Kier alpha value is -2.30. The number of carbonyl (C=O) groups is 1. The number of nitrogens with zero attached hydrogens (tertiary/aromatic N) is 2. The van der Waals surface area contributed by atoms with Gasteiger partial charge in [0.25, 0.3) is 5.91 Å². The minimum Gasteiger partial charge on any atom is -0.272 e. The summed E-state index contributed by atoms with van der Waals surface area (Å²) >= 11 is 13.3. The molecule has 3 aromatic rings. The summed E-state index contributed by atoms with van der Waals surface area (Å²) in [5, 5.41) is 6.07. The highest BCUT2D eigenvalue weighted by Gasteiger charge is 2.28. The summed E-state index contributed by atoms with van der Waals surface area (Å²) in [7, 11) is -4.17. The third kappa shape index (κ3) is 6.11. The zero-order chi connectivity index (χ0) is 22.4. The maximum atomic E-state index is 14.3. The number of carbonyl (C=O) groups excluding carboxylic acids is 1. The lowest BCUT2D eigenvalue weighted by atomic mass is 10.2. The molecule has 1 aromatic heterocycles. The second-order valence-corrected chi connectivity index (χ2v) is 10.00. The topological polar surface area (TPSA) is 78.8 Å². The van der Waals surface area contributed by atoms with Gasteiger partial charge < -0.3 is 0 Å². The molecule has 0 aliphatic rings. The lowest BCUT2D eigenvalue weighted by Gasteiger charge is -2.22. The van der Waals surface area contributed by atoms with Crippen molar-refractivity contribution in [3.63, 3.8) is 0 Å². The molecule has 3 rings (SSSR count). The van der Waals surface area contributed by atoms with Crippen LogP contribution in [0.3, 0.4) is 0 Å². The Morgan fingerprint density at radius 3 is 2.52 bits per heavy atom. The first-order valence-corrected chi connectivity index (χ1v) is 11.9.